The summed E-state index contributed by atoms with van der Waals surface area (Å²) in [6, 6.07) is 38.5. The molecule has 0 bridgehead atoms. The Morgan fingerprint density at radius 2 is 1.20 bits per heavy atom. The van der Waals surface area contributed by atoms with E-state index in [0.29, 0.717) is 0 Å². The summed E-state index contributed by atoms with van der Waals surface area (Å²) in [6.07, 6.45) is 0. The molecule has 2 nitrogen and oxygen atoms in total. The largest absolute Gasteiger partial charge is 0.494 e. The van der Waals surface area contributed by atoms with Crippen molar-refractivity contribution in [3.05, 3.63) is 125 Å². The zero-order chi connectivity index (χ0) is 27.7. The predicted octanol–water partition coefficient (Wildman–Crippen LogP) is 8.70. The Morgan fingerprint density at radius 1 is 0.561 bits per heavy atom. The summed E-state index contributed by atoms with van der Waals surface area (Å²) in [5, 5.41) is 2.72. The first-order chi connectivity index (χ1) is 19.8. The number of fused-ring (bicyclic) bond motifs is 14. The van der Waals surface area contributed by atoms with Crippen LogP contribution in [0.4, 0.5) is 0 Å². The van der Waals surface area contributed by atoms with Crippen LogP contribution in [0.25, 0.3) is 42.4 Å². The molecule has 0 amide bonds. The molecule has 0 radical (unpaired) electrons. The van der Waals surface area contributed by atoms with E-state index in [0.717, 1.165) is 5.46 Å². The minimum Gasteiger partial charge on any atom is -0.399 e. The molecule has 3 aliphatic rings. The van der Waals surface area contributed by atoms with Crippen molar-refractivity contribution >= 4 is 44.1 Å². The van der Waals surface area contributed by atoms with E-state index in [1.165, 1.54) is 64.7 Å². The second-order valence-corrected chi connectivity index (χ2v) is 13.8. The summed E-state index contributed by atoms with van der Waals surface area (Å²) >= 11 is 1.89. The maximum Gasteiger partial charge on any atom is 0.494 e. The Bertz CT molecular complexity index is 2070. The SMILES string of the molecule is CC1(C)OB(c2ccc3c(c2)C2(c4ccccc4-3)c3ccccc3-c3c2ccc2sc4ccccc4c32)OC1(C)C. The Hall–Kier alpha value is -3.70. The van der Waals surface area contributed by atoms with Crippen LogP contribution in [-0.2, 0) is 14.7 Å². The van der Waals surface area contributed by atoms with Crippen LogP contribution < -0.4 is 5.46 Å². The number of hydrogen-bond donors (Lipinski definition) is 0. The minimum absolute atomic E-state index is 0.393. The summed E-state index contributed by atoms with van der Waals surface area (Å²) in [7, 11) is -0.412. The molecule has 9 rings (SSSR count). The third-order valence-corrected chi connectivity index (χ3v) is 11.3. The number of rotatable bonds is 1. The molecule has 6 aromatic rings. The highest BCUT2D eigenvalue weighted by atomic mass is 32.1. The molecule has 41 heavy (non-hydrogen) atoms. The van der Waals surface area contributed by atoms with E-state index in [2.05, 4.69) is 131 Å². The molecule has 1 saturated heterocycles. The van der Waals surface area contributed by atoms with Crippen molar-refractivity contribution in [1.82, 2.24) is 0 Å². The molecule has 0 saturated carbocycles. The van der Waals surface area contributed by atoms with E-state index in [4.69, 9.17) is 9.31 Å². The average molecular weight is 549 g/mol. The van der Waals surface area contributed by atoms with Gasteiger partial charge < -0.3 is 9.31 Å². The lowest BCUT2D eigenvalue weighted by Gasteiger charge is -2.32. The first-order valence-corrected chi connectivity index (χ1v) is 15.3. The summed E-state index contributed by atoms with van der Waals surface area (Å²) in [4.78, 5) is 0. The third kappa shape index (κ3) is 2.86. The molecule has 2 heterocycles. The summed E-state index contributed by atoms with van der Waals surface area (Å²) in [5.41, 5.74) is 10.6. The Morgan fingerprint density at radius 3 is 1.98 bits per heavy atom. The van der Waals surface area contributed by atoms with Gasteiger partial charge in [-0.25, -0.2) is 0 Å². The van der Waals surface area contributed by atoms with Gasteiger partial charge in [0.2, 0.25) is 0 Å². The van der Waals surface area contributed by atoms with Gasteiger partial charge in [-0.05, 0) is 89.8 Å². The van der Waals surface area contributed by atoms with E-state index in [1.807, 2.05) is 11.3 Å². The lowest BCUT2D eigenvalue weighted by molar-refractivity contribution is 0.00578. The third-order valence-electron chi connectivity index (χ3n) is 10.1. The van der Waals surface area contributed by atoms with Crippen LogP contribution in [0.15, 0.2) is 103 Å². The second-order valence-electron chi connectivity index (χ2n) is 12.7. The highest BCUT2D eigenvalue weighted by Crippen LogP contribution is 2.64. The van der Waals surface area contributed by atoms with Crippen molar-refractivity contribution < 1.29 is 9.31 Å². The quantitative estimate of drug-likeness (QED) is 0.191. The van der Waals surface area contributed by atoms with Crippen LogP contribution in [0.5, 0.6) is 0 Å². The number of benzene rings is 5. The van der Waals surface area contributed by atoms with Crippen LogP contribution in [0.2, 0.25) is 0 Å². The molecule has 1 aliphatic heterocycles. The zero-order valence-electron chi connectivity index (χ0n) is 23.6. The summed E-state index contributed by atoms with van der Waals surface area (Å²) in [6.45, 7) is 8.49. The molecular weight excluding hydrogens is 519 g/mol. The molecule has 5 aromatic carbocycles. The molecule has 0 N–H and O–H groups in total. The summed E-state index contributed by atoms with van der Waals surface area (Å²) in [5.74, 6) is 0. The number of hydrogen-bond acceptors (Lipinski definition) is 3. The van der Waals surface area contributed by atoms with Crippen LogP contribution in [0.3, 0.4) is 0 Å². The monoisotopic (exact) mass is 548 g/mol. The Labute approximate surface area is 244 Å². The van der Waals surface area contributed by atoms with Gasteiger partial charge in [0.05, 0.1) is 16.6 Å². The van der Waals surface area contributed by atoms with Crippen molar-refractivity contribution in [2.45, 2.75) is 44.3 Å². The van der Waals surface area contributed by atoms with Gasteiger partial charge in [0, 0.05) is 20.2 Å². The van der Waals surface area contributed by atoms with Crippen molar-refractivity contribution in [2.24, 2.45) is 0 Å². The lowest BCUT2D eigenvalue weighted by Crippen LogP contribution is -2.41. The Balaban J connectivity index is 1.39. The number of thiophene rings is 1. The molecule has 1 unspecified atom stereocenters. The first kappa shape index (κ1) is 24.0. The van der Waals surface area contributed by atoms with Crippen molar-refractivity contribution in [1.29, 1.82) is 0 Å². The van der Waals surface area contributed by atoms with Crippen LogP contribution >= 0.6 is 11.3 Å². The molecule has 4 heteroatoms. The summed E-state index contributed by atoms with van der Waals surface area (Å²) < 4.78 is 15.8. The molecule has 1 aromatic heterocycles. The van der Waals surface area contributed by atoms with Crippen LogP contribution in [0.1, 0.15) is 49.9 Å². The van der Waals surface area contributed by atoms with Gasteiger partial charge in [-0.15, -0.1) is 11.3 Å². The fourth-order valence-electron chi connectivity index (χ4n) is 7.59. The second kappa shape index (κ2) is 7.77. The fourth-order valence-corrected chi connectivity index (χ4v) is 8.70. The lowest BCUT2D eigenvalue weighted by atomic mass is 9.68. The zero-order valence-corrected chi connectivity index (χ0v) is 24.4. The van der Waals surface area contributed by atoms with E-state index < -0.39 is 23.7 Å². The maximum absolute atomic E-state index is 6.55. The fraction of sp³-hybridized carbons (Fsp3) is 0.189. The van der Waals surface area contributed by atoms with Gasteiger partial charge >= 0.3 is 7.12 Å². The standard InChI is InChI=1S/C37H29BO2S/c1-35(2)36(3,4)40-38(39-35)22-17-18-24-23-11-5-8-14-27(23)37(30(24)21-22)28-15-9-6-12-25(28)33-29(37)19-20-32-34(33)26-13-7-10-16-31(26)41-32/h5-21H,1-4H3. The van der Waals surface area contributed by atoms with Crippen molar-refractivity contribution in [3.8, 4) is 22.3 Å². The highest BCUT2D eigenvalue weighted by molar-refractivity contribution is 7.26. The van der Waals surface area contributed by atoms with E-state index >= 15 is 0 Å². The smallest absolute Gasteiger partial charge is 0.399 e. The topological polar surface area (TPSA) is 18.5 Å². The molecule has 198 valence electrons. The highest BCUT2D eigenvalue weighted by Gasteiger charge is 2.55. The normalized spacial score (nSPS) is 20.9. The van der Waals surface area contributed by atoms with Crippen LogP contribution in [-0.4, -0.2) is 18.3 Å². The Kier molecular flexibility index (Phi) is 4.54. The van der Waals surface area contributed by atoms with Gasteiger partial charge in [-0.2, -0.15) is 0 Å². The van der Waals surface area contributed by atoms with Gasteiger partial charge in [0.1, 0.15) is 0 Å². The van der Waals surface area contributed by atoms with E-state index in [1.54, 1.807) is 0 Å². The van der Waals surface area contributed by atoms with Gasteiger partial charge in [0.25, 0.3) is 0 Å². The van der Waals surface area contributed by atoms with E-state index in [-0.39, 0.29) is 0 Å². The minimum atomic E-state index is -0.412. The molecule has 1 fully saturated rings. The van der Waals surface area contributed by atoms with Crippen molar-refractivity contribution in [3.63, 3.8) is 0 Å². The first-order valence-electron chi connectivity index (χ1n) is 14.5. The molecule has 2 aliphatic carbocycles. The maximum atomic E-state index is 6.55. The van der Waals surface area contributed by atoms with Gasteiger partial charge in [0.15, 0.2) is 0 Å². The molecular formula is C37H29BO2S. The molecule has 1 spiro atoms. The van der Waals surface area contributed by atoms with Gasteiger partial charge in [-0.3, -0.25) is 0 Å². The van der Waals surface area contributed by atoms with Crippen molar-refractivity contribution in [2.75, 3.05) is 0 Å². The predicted molar refractivity (Wildman–Crippen MR) is 171 cm³/mol. The van der Waals surface area contributed by atoms with E-state index in [9.17, 15) is 0 Å². The molecule has 1 atom stereocenters. The van der Waals surface area contributed by atoms with Crippen LogP contribution in [0, 0.1) is 0 Å². The average Bonchev–Trinajstić information content (AvgIpc) is 3.65. The van der Waals surface area contributed by atoms with Gasteiger partial charge in [-0.1, -0.05) is 91.0 Å².